The Kier molecular flexibility index (Phi) is 5.27. The van der Waals surface area contributed by atoms with Crippen molar-refractivity contribution in [2.75, 3.05) is 11.1 Å². The predicted octanol–water partition coefficient (Wildman–Crippen LogP) is 5.93. The predicted molar refractivity (Wildman–Crippen MR) is 140 cm³/mol. The Morgan fingerprint density at radius 3 is 2.57 bits per heavy atom. The van der Waals surface area contributed by atoms with E-state index in [1.165, 1.54) is 5.39 Å². The Morgan fingerprint density at radius 1 is 0.857 bits per heavy atom. The van der Waals surface area contributed by atoms with Crippen LogP contribution in [0, 0.1) is 0 Å². The Bertz CT molecular complexity index is 1620. The first-order valence-electron chi connectivity index (χ1n) is 11.4. The van der Waals surface area contributed by atoms with E-state index in [0.717, 1.165) is 38.8 Å². The molecule has 0 spiro atoms. The molecule has 0 unspecified atom stereocenters. The maximum Gasteiger partial charge on any atom is 0.229 e. The summed E-state index contributed by atoms with van der Waals surface area (Å²) in [6.45, 7) is 0.457. The standard InChI is InChI=1S/C28H24N6O/c29-27-21(15-19-6-7-23-20(14-19)10-12-30-23)16-32-28(34-27)33-26-22-11-13-31-24(22)8-9-25(26)35-17-18-4-2-1-3-5-18/h1-14,16,30-31H,15,17H2,(H3,29,32,33,34). The maximum absolute atomic E-state index is 6.35. The van der Waals surface area contributed by atoms with Gasteiger partial charge in [-0.25, -0.2) is 4.98 Å². The van der Waals surface area contributed by atoms with Crippen LogP contribution in [-0.2, 0) is 13.0 Å². The topological polar surface area (TPSA) is 105 Å². The van der Waals surface area contributed by atoms with Crippen molar-refractivity contribution in [1.29, 1.82) is 0 Å². The van der Waals surface area contributed by atoms with Gasteiger partial charge < -0.3 is 25.8 Å². The highest BCUT2D eigenvalue weighted by Gasteiger charge is 2.13. The third kappa shape index (κ3) is 4.27. The lowest BCUT2D eigenvalue weighted by Crippen LogP contribution is -2.06. The zero-order valence-corrected chi connectivity index (χ0v) is 19.0. The fraction of sp³-hybridized carbons (Fsp3) is 0.0714. The van der Waals surface area contributed by atoms with Gasteiger partial charge in [0.2, 0.25) is 5.95 Å². The van der Waals surface area contributed by atoms with E-state index < -0.39 is 0 Å². The molecule has 3 aromatic carbocycles. The molecule has 0 fully saturated rings. The normalized spacial score (nSPS) is 11.2. The second-order valence-corrected chi connectivity index (χ2v) is 8.46. The van der Waals surface area contributed by atoms with E-state index in [1.54, 1.807) is 6.20 Å². The van der Waals surface area contributed by atoms with Crippen LogP contribution >= 0.6 is 0 Å². The van der Waals surface area contributed by atoms with Gasteiger partial charge in [0.1, 0.15) is 18.2 Å². The quantitative estimate of drug-likeness (QED) is 0.236. The van der Waals surface area contributed by atoms with Gasteiger partial charge in [0.05, 0.1) is 5.69 Å². The molecule has 0 aliphatic heterocycles. The van der Waals surface area contributed by atoms with Crippen LogP contribution in [-0.4, -0.2) is 19.9 Å². The molecular weight excluding hydrogens is 436 g/mol. The number of ether oxygens (including phenoxy) is 1. The van der Waals surface area contributed by atoms with E-state index >= 15 is 0 Å². The number of fused-ring (bicyclic) bond motifs is 2. The Hall–Kier alpha value is -4.78. The molecule has 172 valence electrons. The van der Waals surface area contributed by atoms with Crippen LogP contribution in [0.15, 0.2) is 91.4 Å². The minimum absolute atomic E-state index is 0.422. The van der Waals surface area contributed by atoms with Gasteiger partial charge in [-0.1, -0.05) is 36.4 Å². The molecule has 3 heterocycles. The Balaban J connectivity index is 1.26. The molecule has 5 N–H and O–H groups in total. The zero-order valence-electron chi connectivity index (χ0n) is 19.0. The molecule has 6 rings (SSSR count). The highest BCUT2D eigenvalue weighted by Crippen LogP contribution is 2.35. The maximum atomic E-state index is 6.35. The SMILES string of the molecule is Nc1nc(Nc2c(OCc3ccccc3)ccc3[nH]ccc23)ncc1Cc1ccc2[nH]ccc2c1. The van der Waals surface area contributed by atoms with E-state index in [-0.39, 0.29) is 0 Å². The molecule has 0 bridgehead atoms. The van der Waals surface area contributed by atoms with Crippen molar-refractivity contribution >= 4 is 39.3 Å². The lowest BCUT2D eigenvalue weighted by atomic mass is 10.1. The Morgan fingerprint density at radius 2 is 1.69 bits per heavy atom. The van der Waals surface area contributed by atoms with E-state index in [9.17, 15) is 0 Å². The molecule has 7 heteroatoms. The lowest BCUT2D eigenvalue weighted by Gasteiger charge is -2.15. The molecular formula is C28H24N6O. The number of rotatable bonds is 7. The van der Waals surface area contributed by atoms with Crippen LogP contribution < -0.4 is 15.8 Å². The van der Waals surface area contributed by atoms with Crippen molar-refractivity contribution in [3.05, 3.63) is 108 Å². The summed E-state index contributed by atoms with van der Waals surface area (Å²) in [4.78, 5) is 15.6. The molecule has 3 aromatic heterocycles. The van der Waals surface area contributed by atoms with Gasteiger partial charge in [-0.2, -0.15) is 4.98 Å². The summed E-state index contributed by atoms with van der Waals surface area (Å²) in [7, 11) is 0. The fourth-order valence-electron chi connectivity index (χ4n) is 4.26. The number of aromatic nitrogens is 4. The van der Waals surface area contributed by atoms with Crippen molar-refractivity contribution in [2.24, 2.45) is 0 Å². The number of benzene rings is 3. The van der Waals surface area contributed by atoms with E-state index in [0.29, 0.717) is 30.5 Å². The summed E-state index contributed by atoms with van der Waals surface area (Å²) in [5.74, 6) is 1.59. The highest BCUT2D eigenvalue weighted by molar-refractivity contribution is 5.96. The number of nitrogen functional groups attached to an aromatic ring is 1. The third-order valence-electron chi connectivity index (χ3n) is 6.08. The lowest BCUT2D eigenvalue weighted by molar-refractivity contribution is 0.308. The van der Waals surface area contributed by atoms with Crippen LogP contribution in [0.25, 0.3) is 21.8 Å². The van der Waals surface area contributed by atoms with Crippen molar-refractivity contribution in [2.45, 2.75) is 13.0 Å². The number of anilines is 3. The summed E-state index contributed by atoms with van der Waals surface area (Å²) in [6.07, 6.45) is 6.28. The van der Waals surface area contributed by atoms with Crippen LogP contribution in [0.5, 0.6) is 5.75 Å². The zero-order chi connectivity index (χ0) is 23.6. The van der Waals surface area contributed by atoms with Crippen molar-refractivity contribution in [1.82, 2.24) is 19.9 Å². The molecule has 0 atom stereocenters. The molecule has 0 aliphatic carbocycles. The summed E-state index contributed by atoms with van der Waals surface area (Å²) in [5, 5.41) is 5.50. The molecule has 0 amide bonds. The van der Waals surface area contributed by atoms with Gasteiger partial charge in [0, 0.05) is 47.0 Å². The van der Waals surface area contributed by atoms with Crippen LogP contribution in [0.3, 0.4) is 0 Å². The first-order chi connectivity index (χ1) is 17.2. The van der Waals surface area contributed by atoms with E-state index in [4.69, 9.17) is 10.5 Å². The summed E-state index contributed by atoms with van der Waals surface area (Å²) < 4.78 is 6.17. The first kappa shape index (κ1) is 20.8. The highest BCUT2D eigenvalue weighted by atomic mass is 16.5. The Labute approximate surface area is 202 Å². The van der Waals surface area contributed by atoms with Crippen molar-refractivity contribution in [3.63, 3.8) is 0 Å². The fourth-order valence-corrected chi connectivity index (χ4v) is 4.26. The first-order valence-corrected chi connectivity index (χ1v) is 11.4. The molecule has 6 aromatic rings. The monoisotopic (exact) mass is 460 g/mol. The van der Waals surface area contributed by atoms with Gasteiger partial charge in [0.25, 0.3) is 0 Å². The van der Waals surface area contributed by atoms with Crippen molar-refractivity contribution in [3.8, 4) is 5.75 Å². The second kappa shape index (κ2) is 8.87. The van der Waals surface area contributed by atoms with E-state index in [2.05, 4.69) is 49.5 Å². The van der Waals surface area contributed by atoms with Crippen LogP contribution in [0.2, 0.25) is 0 Å². The number of hydrogen-bond donors (Lipinski definition) is 4. The number of nitrogens with zero attached hydrogens (tertiary/aromatic N) is 2. The minimum atomic E-state index is 0.422. The number of hydrogen-bond acceptors (Lipinski definition) is 5. The van der Waals surface area contributed by atoms with Gasteiger partial charge in [0.15, 0.2) is 0 Å². The molecule has 0 saturated carbocycles. The van der Waals surface area contributed by atoms with Gasteiger partial charge >= 0.3 is 0 Å². The summed E-state index contributed by atoms with van der Waals surface area (Å²) in [6, 6.07) is 24.4. The van der Waals surface area contributed by atoms with Crippen LogP contribution in [0.4, 0.5) is 17.5 Å². The minimum Gasteiger partial charge on any atom is -0.487 e. The summed E-state index contributed by atoms with van der Waals surface area (Å²) >= 11 is 0. The average Bonchev–Trinajstić information content (AvgIpc) is 3.55. The van der Waals surface area contributed by atoms with Gasteiger partial charge in [-0.3, -0.25) is 0 Å². The summed E-state index contributed by atoms with van der Waals surface area (Å²) in [5.41, 5.74) is 12.4. The van der Waals surface area contributed by atoms with Crippen LogP contribution in [0.1, 0.15) is 16.7 Å². The molecule has 0 saturated heterocycles. The third-order valence-corrected chi connectivity index (χ3v) is 6.08. The largest absolute Gasteiger partial charge is 0.487 e. The molecule has 35 heavy (non-hydrogen) atoms. The number of nitrogens with one attached hydrogen (secondary N) is 3. The van der Waals surface area contributed by atoms with Gasteiger partial charge in [-0.15, -0.1) is 0 Å². The molecule has 0 aliphatic rings. The van der Waals surface area contributed by atoms with Gasteiger partial charge in [-0.05, 0) is 52.9 Å². The number of nitrogens with two attached hydrogens (primary N) is 1. The van der Waals surface area contributed by atoms with Crippen molar-refractivity contribution < 1.29 is 4.74 Å². The second-order valence-electron chi connectivity index (χ2n) is 8.46. The molecule has 0 radical (unpaired) electrons. The number of H-pyrrole nitrogens is 2. The smallest absolute Gasteiger partial charge is 0.229 e. The molecule has 7 nitrogen and oxygen atoms in total. The number of aromatic amines is 2. The van der Waals surface area contributed by atoms with E-state index in [1.807, 2.05) is 60.9 Å². The average molecular weight is 461 g/mol.